The highest BCUT2D eigenvalue weighted by Gasteiger charge is 2.36. The summed E-state index contributed by atoms with van der Waals surface area (Å²) in [6.07, 6.45) is 1.64. The summed E-state index contributed by atoms with van der Waals surface area (Å²) in [7, 11) is 0. The summed E-state index contributed by atoms with van der Waals surface area (Å²) in [5.41, 5.74) is 3.42. The summed E-state index contributed by atoms with van der Waals surface area (Å²) in [6.45, 7) is 2.09. The first-order chi connectivity index (χ1) is 16.8. The lowest BCUT2D eigenvalue weighted by atomic mass is 10.1. The van der Waals surface area contributed by atoms with E-state index in [2.05, 4.69) is 34.0 Å². The Labute approximate surface area is 225 Å². The number of halogens is 2. The van der Waals surface area contributed by atoms with Crippen molar-refractivity contribution in [3.8, 4) is 5.75 Å². The Bertz CT molecular complexity index is 1340. The lowest BCUT2D eigenvalue weighted by Crippen LogP contribution is -2.36. The predicted molar refractivity (Wildman–Crippen MR) is 147 cm³/mol. The number of para-hydroxylation sites is 1. The standard InChI is InChI=1S/C26H20ClIN2O4S/c1-16-5-4-6-18(11-16)15-34-22-10-9-17(12-20(22)28)13-23-25(32)30(26(33)35-23)14-24(31)29-21-8-3-2-7-19(21)27/h2-13H,14-15H2,1H3,(H,29,31)/b23-13+. The van der Waals surface area contributed by atoms with Crippen molar-refractivity contribution in [2.24, 2.45) is 0 Å². The molecule has 6 nitrogen and oxygen atoms in total. The number of ether oxygens (including phenoxy) is 1. The minimum atomic E-state index is -0.510. The maximum atomic E-state index is 12.8. The lowest BCUT2D eigenvalue weighted by molar-refractivity contribution is -0.127. The van der Waals surface area contributed by atoms with Gasteiger partial charge < -0.3 is 10.1 Å². The van der Waals surface area contributed by atoms with Crippen LogP contribution in [0.1, 0.15) is 16.7 Å². The second-order valence-corrected chi connectivity index (χ2v) is 10.3. The van der Waals surface area contributed by atoms with Crippen LogP contribution < -0.4 is 10.1 Å². The molecule has 0 spiro atoms. The molecule has 0 unspecified atom stereocenters. The SMILES string of the molecule is Cc1cccc(COc2ccc(/C=C3/SC(=O)N(CC(=O)Nc4ccccc4Cl)C3=O)cc2I)c1. The number of hydrogen-bond acceptors (Lipinski definition) is 5. The van der Waals surface area contributed by atoms with Crippen molar-refractivity contribution in [3.63, 3.8) is 0 Å². The fraction of sp³-hybridized carbons (Fsp3) is 0.115. The van der Waals surface area contributed by atoms with E-state index in [1.54, 1.807) is 30.3 Å². The molecule has 0 bridgehead atoms. The summed E-state index contributed by atoms with van der Waals surface area (Å²) in [6, 6.07) is 20.4. The second kappa shape index (κ2) is 11.3. The van der Waals surface area contributed by atoms with E-state index in [4.69, 9.17) is 16.3 Å². The third kappa shape index (κ3) is 6.45. The molecular formula is C26H20ClIN2O4S. The molecule has 1 saturated heterocycles. The van der Waals surface area contributed by atoms with Crippen LogP contribution in [0.5, 0.6) is 5.75 Å². The quantitative estimate of drug-likeness (QED) is 0.242. The molecule has 178 valence electrons. The first-order valence-electron chi connectivity index (χ1n) is 10.6. The van der Waals surface area contributed by atoms with Crippen molar-refractivity contribution in [1.82, 2.24) is 4.90 Å². The molecule has 4 rings (SSSR count). The highest BCUT2D eigenvalue weighted by molar-refractivity contribution is 14.1. The zero-order valence-corrected chi connectivity index (χ0v) is 22.3. The molecule has 1 aliphatic rings. The topological polar surface area (TPSA) is 75.7 Å². The Morgan fingerprint density at radius 3 is 2.66 bits per heavy atom. The molecule has 1 fully saturated rings. The summed E-state index contributed by atoms with van der Waals surface area (Å²) in [5, 5.41) is 2.50. The number of thioether (sulfide) groups is 1. The van der Waals surface area contributed by atoms with Crippen LogP contribution in [0.2, 0.25) is 5.02 Å². The van der Waals surface area contributed by atoms with Crippen molar-refractivity contribution in [2.75, 3.05) is 11.9 Å². The van der Waals surface area contributed by atoms with Crippen molar-refractivity contribution in [3.05, 3.63) is 96.9 Å². The molecule has 35 heavy (non-hydrogen) atoms. The molecule has 3 amide bonds. The molecule has 9 heteroatoms. The molecule has 0 radical (unpaired) electrons. The van der Waals surface area contributed by atoms with Crippen LogP contribution in [0, 0.1) is 10.5 Å². The Morgan fingerprint density at radius 2 is 1.91 bits per heavy atom. The van der Waals surface area contributed by atoms with Gasteiger partial charge in [-0.25, -0.2) is 0 Å². The second-order valence-electron chi connectivity index (χ2n) is 7.76. The molecule has 1 aliphatic heterocycles. The molecular weight excluding hydrogens is 599 g/mol. The van der Waals surface area contributed by atoms with E-state index in [0.29, 0.717) is 17.3 Å². The third-order valence-corrected chi connectivity index (χ3v) is 7.13. The highest BCUT2D eigenvalue weighted by atomic mass is 127. The van der Waals surface area contributed by atoms with Gasteiger partial charge in [0, 0.05) is 0 Å². The first kappa shape index (κ1) is 25.3. The normalized spacial score (nSPS) is 14.5. The van der Waals surface area contributed by atoms with E-state index in [0.717, 1.165) is 37.1 Å². The molecule has 3 aromatic rings. The Kier molecular flexibility index (Phi) is 8.15. The van der Waals surface area contributed by atoms with Gasteiger partial charge in [-0.15, -0.1) is 0 Å². The zero-order valence-electron chi connectivity index (χ0n) is 18.6. The smallest absolute Gasteiger partial charge is 0.294 e. The van der Waals surface area contributed by atoms with Gasteiger partial charge in [0.15, 0.2) is 0 Å². The molecule has 1 heterocycles. The zero-order chi connectivity index (χ0) is 24.9. The first-order valence-corrected chi connectivity index (χ1v) is 12.8. The summed E-state index contributed by atoms with van der Waals surface area (Å²) < 4.78 is 6.82. The average molecular weight is 619 g/mol. The number of carbonyl (C=O) groups is 3. The molecule has 1 N–H and O–H groups in total. The van der Waals surface area contributed by atoms with Crippen molar-refractivity contribution in [1.29, 1.82) is 0 Å². The fourth-order valence-electron chi connectivity index (χ4n) is 3.37. The Morgan fingerprint density at radius 1 is 1.11 bits per heavy atom. The third-order valence-electron chi connectivity index (χ3n) is 5.05. The van der Waals surface area contributed by atoms with Gasteiger partial charge in [0.2, 0.25) is 5.91 Å². The number of anilines is 1. The van der Waals surface area contributed by atoms with Crippen molar-refractivity contribution < 1.29 is 19.1 Å². The number of carbonyl (C=O) groups excluding carboxylic acids is 3. The number of nitrogens with zero attached hydrogens (tertiary/aromatic N) is 1. The Balaban J connectivity index is 1.40. The van der Waals surface area contributed by atoms with E-state index in [1.807, 2.05) is 43.3 Å². The van der Waals surface area contributed by atoms with Crippen LogP contribution in [-0.2, 0) is 16.2 Å². The molecule has 0 aromatic heterocycles. The molecule has 0 saturated carbocycles. The number of imide groups is 1. The van der Waals surface area contributed by atoms with Crippen molar-refractivity contribution >= 4 is 74.8 Å². The number of hydrogen-bond donors (Lipinski definition) is 1. The predicted octanol–water partition coefficient (Wildman–Crippen LogP) is 6.51. The lowest BCUT2D eigenvalue weighted by Gasteiger charge is -2.13. The van der Waals surface area contributed by atoms with Gasteiger partial charge in [-0.1, -0.05) is 59.6 Å². The molecule has 0 atom stereocenters. The Hall–Kier alpha value is -2.82. The van der Waals surface area contributed by atoms with Gasteiger partial charge >= 0.3 is 0 Å². The number of benzene rings is 3. The summed E-state index contributed by atoms with van der Waals surface area (Å²) in [4.78, 5) is 38.8. The number of amides is 3. The maximum Gasteiger partial charge on any atom is 0.294 e. The molecule has 3 aromatic carbocycles. The van der Waals surface area contributed by atoms with Crippen LogP contribution in [0.25, 0.3) is 6.08 Å². The van der Waals surface area contributed by atoms with E-state index >= 15 is 0 Å². The number of rotatable bonds is 7. The monoisotopic (exact) mass is 618 g/mol. The van der Waals surface area contributed by atoms with Gasteiger partial charge in [0.1, 0.15) is 18.9 Å². The van der Waals surface area contributed by atoms with Crippen molar-refractivity contribution in [2.45, 2.75) is 13.5 Å². The summed E-state index contributed by atoms with van der Waals surface area (Å²) >= 11 is 9.03. The minimum absolute atomic E-state index is 0.254. The van der Waals surface area contributed by atoms with E-state index < -0.39 is 23.6 Å². The van der Waals surface area contributed by atoms with E-state index in [1.165, 1.54) is 5.56 Å². The van der Waals surface area contributed by atoms with Gasteiger partial charge in [0.25, 0.3) is 11.1 Å². The fourth-order valence-corrected chi connectivity index (χ4v) is 5.09. The summed E-state index contributed by atoms with van der Waals surface area (Å²) in [5.74, 6) is -0.288. The van der Waals surface area contributed by atoms with Crippen LogP contribution in [0.4, 0.5) is 10.5 Å². The van der Waals surface area contributed by atoms with Crippen LogP contribution in [0.3, 0.4) is 0 Å². The van der Waals surface area contributed by atoms with Crippen LogP contribution in [0.15, 0.2) is 71.6 Å². The van der Waals surface area contributed by atoms with Gasteiger partial charge in [-0.05, 0) is 82.7 Å². The van der Waals surface area contributed by atoms with E-state index in [9.17, 15) is 14.4 Å². The van der Waals surface area contributed by atoms with Crippen LogP contribution >= 0.6 is 46.0 Å². The highest BCUT2D eigenvalue weighted by Crippen LogP contribution is 2.33. The molecule has 0 aliphatic carbocycles. The van der Waals surface area contributed by atoms with Gasteiger partial charge in [-0.3, -0.25) is 19.3 Å². The van der Waals surface area contributed by atoms with E-state index in [-0.39, 0.29) is 4.91 Å². The van der Waals surface area contributed by atoms with Gasteiger partial charge in [-0.2, -0.15) is 0 Å². The number of aryl methyl sites for hydroxylation is 1. The minimum Gasteiger partial charge on any atom is -0.488 e. The van der Waals surface area contributed by atoms with Crippen LogP contribution in [-0.4, -0.2) is 28.5 Å². The number of nitrogens with one attached hydrogen (secondary N) is 1. The maximum absolute atomic E-state index is 12.8. The average Bonchev–Trinajstić information content (AvgIpc) is 3.07. The largest absolute Gasteiger partial charge is 0.488 e. The van der Waals surface area contributed by atoms with Gasteiger partial charge in [0.05, 0.1) is 19.2 Å².